The van der Waals surface area contributed by atoms with Crippen molar-refractivity contribution >= 4 is 0 Å². The van der Waals surface area contributed by atoms with Crippen LogP contribution in [-0.4, -0.2) is 10.7 Å². The zero-order valence-electron chi connectivity index (χ0n) is 7.53. The molecule has 0 amide bonds. The molecule has 0 unspecified atom stereocenters. The molecule has 0 aromatic heterocycles. The summed E-state index contributed by atoms with van der Waals surface area (Å²) in [4.78, 5) is 0. The van der Waals surface area contributed by atoms with E-state index in [1.165, 1.54) is 0 Å². The summed E-state index contributed by atoms with van der Waals surface area (Å²) < 4.78 is 0. The van der Waals surface area contributed by atoms with Gasteiger partial charge >= 0.3 is 0 Å². The number of nitriles is 1. The van der Waals surface area contributed by atoms with Gasteiger partial charge in [-0.3, -0.25) is 0 Å². The van der Waals surface area contributed by atoms with Crippen molar-refractivity contribution in [3.63, 3.8) is 0 Å². The van der Waals surface area contributed by atoms with Gasteiger partial charge < -0.3 is 5.11 Å². The first-order valence-corrected chi connectivity index (χ1v) is 4.66. The monoisotopic (exact) mass is 175 g/mol. The number of rotatable bonds is 1. The van der Waals surface area contributed by atoms with Crippen molar-refractivity contribution in [2.24, 2.45) is 5.41 Å². The van der Waals surface area contributed by atoms with Gasteiger partial charge in [-0.15, -0.1) is 0 Å². The number of hydrogen-bond donors (Lipinski definition) is 1. The van der Waals surface area contributed by atoms with Crippen molar-refractivity contribution in [1.82, 2.24) is 0 Å². The Morgan fingerprint density at radius 2 is 1.46 bits per heavy atom. The number of aliphatic hydroxyl groups is 1. The molecule has 0 atom stereocenters. The molecule has 0 aliphatic heterocycles. The van der Waals surface area contributed by atoms with Crippen LogP contribution in [0.2, 0.25) is 0 Å². The van der Waals surface area contributed by atoms with Gasteiger partial charge in [-0.2, -0.15) is 5.26 Å². The lowest BCUT2D eigenvalue weighted by atomic mass is 9.69. The highest BCUT2D eigenvalue weighted by atomic mass is 16.3. The van der Waals surface area contributed by atoms with Crippen LogP contribution in [-0.2, 0) is 0 Å². The smallest absolute Gasteiger partial charge is 0.0934 e. The van der Waals surface area contributed by atoms with E-state index in [-0.39, 0.29) is 0 Å². The standard InChI is InChI=1S/C11H13NO/c12-9-10(5-1-2-6-10)11(13)7-3-4-8-11/h1-4,13H,5-8H2. The van der Waals surface area contributed by atoms with Gasteiger partial charge in [0.15, 0.2) is 0 Å². The number of nitrogens with zero attached hydrogens (tertiary/aromatic N) is 1. The second-order valence-electron chi connectivity index (χ2n) is 3.98. The topological polar surface area (TPSA) is 44.0 Å². The Bertz CT molecular complexity index is 293. The van der Waals surface area contributed by atoms with Crippen LogP contribution in [0.25, 0.3) is 0 Å². The van der Waals surface area contributed by atoms with E-state index in [2.05, 4.69) is 6.07 Å². The third-order valence-corrected chi connectivity index (χ3v) is 3.28. The average Bonchev–Trinajstić information content (AvgIpc) is 2.73. The van der Waals surface area contributed by atoms with E-state index >= 15 is 0 Å². The van der Waals surface area contributed by atoms with E-state index < -0.39 is 11.0 Å². The van der Waals surface area contributed by atoms with E-state index in [4.69, 9.17) is 5.26 Å². The lowest BCUT2D eigenvalue weighted by molar-refractivity contribution is -0.0387. The van der Waals surface area contributed by atoms with Crippen molar-refractivity contribution in [2.45, 2.75) is 31.3 Å². The Labute approximate surface area is 78.2 Å². The van der Waals surface area contributed by atoms with Crippen LogP contribution < -0.4 is 0 Å². The minimum atomic E-state index is -0.814. The van der Waals surface area contributed by atoms with Crippen molar-refractivity contribution in [1.29, 1.82) is 5.26 Å². The lowest BCUT2D eigenvalue weighted by Crippen LogP contribution is -2.44. The van der Waals surface area contributed by atoms with E-state index in [0.29, 0.717) is 25.7 Å². The molecule has 2 aliphatic rings. The molecule has 0 fully saturated rings. The molecule has 0 heterocycles. The third kappa shape index (κ3) is 1.04. The van der Waals surface area contributed by atoms with Gasteiger partial charge in [0.25, 0.3) is 0 Å². The van der Waals surface area contributed by atoms with Crippen molar-refractivity contribution < 1.29 is 5.11 Å². The molecule has 2 nitrogen and oxygen atoms in total. The summed E-state index contributed by atoms with van der Waals surface area (Å²) in [6, 6.07) is 2.31. The minimum Gasteiger partial charge on any atom is -0.388 e. The Balaban J connectivity index is 2.27. The maximum absolute atomic E-state index is 10.3. The highest BCUT2D eigenvalue weighted by Crippen LogP contribution is 2.48. The van der Waals surface area contributed by atoms with Gasteiger partial charge in [0.2, 0.25) is 0 Å². The third-order valence-electron chi connectivity index (χ3n) is 3.28. The fraction of sp³-hybridized carbons (Fsp3) is 0.545. The summed E-state index contributed by atoms with van der Waals surface area (Å²) in [5.74, 6) is 0. The van der Waals surface area contributed by atoms with E-state index in [9.17, 15) is 5.11 Å². The van der Waals surface area contributed by atoms with Crippen molar-refractivity contribution in [3.8, 4) is 6.07 Å². The van der Waals surface area contributed by atoms with Crippen LogP contribution in [0.15, 0.2) is 24.3 Å². The van der Waals surface area contributed by atoms with Gasteiger partial charge in [0.05, 0.1) is 17.1 Å². The summed E-state index contributed by atoms with van der Waals surface area (Å²) in [6.45, 7) is 0. The average molecular weight is 175 g/mol. The molecule has 2 aliphatic carbocycles. The summed E-state index contributed by atoms with van der Waals surface area (Å²) in [5, 5.41) is 19.5. The Kier molecular flexibility index (Phi) is 1.78. The molecule has 0 spiro atoms. The van der Waals surface area contributed by atoms with Gasteiger partial charge in [-0.1, -0.05) is 24.3 Å². The van der Waals surface area contributed by atoms with Crippen LogP contribution in [0.5, 0.6) is 0 Å². The summed E-state index contributed by atoms with van der Waals surface area (Å²) >= 11 is 0. The zero-order chi connectivity index (χ0) is 9.36. The molecule has 0 radical (unpaired) electrons. The number of allylic oxidation sites excluding steroid dienone is 2. The van der Waals surface area contributed by atoms with Crippen LogP contribution in [0.3, 0.4) is 0 Å². The molecule has 2 rings (SSSR count). The van der Waals surface area contributed by atoms with Gasteiger partial charge in [-0.05, 0) is 25.7 Å². The largest absolute Gasteiger partial charge is 0.388 e. The Hall–Kier alpha value is -1.07. The second-order valence-corrected chi connectivity index (χ2v) is 3.98. The fourth-order valence-electron chi connectivity index (χ4n) is 2.26. The molecule has 0 bridgehead atoms. The number of hydrogen-bond acceptors (Lipinski definition) is 2. The first kappa shape index (κ1) is 8.52. The predicted octanol–water partition coefficient (Wildman–Crippen LogP) is 1.93. The van der Waals surface area contributed by atoms with E-state index in [1.54, 1.807) is 0 Å². The molecule has 68 valence electrons. The van der Waals surface area contributed by atoms with Crippen LogP contribution >= 0.6 is 0 Å². The van der Waals surface area contributed by atoms with Crippen LogP contribution in [0.1, 0.15) is 25.7 Å². The van der Waals surface area contributed by atoms with Gasteiger partial charge in [0, 0.05) is 0 Å². The molecule has 0 saturated heterocycles. The molecule has 0 aromatic carbocycles. The van der Waals surface area contributed by atoms with Crippen LogP contribution in [0, 0.1) is 16.7 Å². The van der Waals surface area contributed by atoms with Crippen molar-refractivity contribution in [2.75, 3.05) is 0 Å². The Morgan fingerprint density at radius 3 is 1.92 bits per heavy atom. The Morgan fingerprint density at radius 1 is 1.00 bits per heavy atom. The maximum atomic E-state index is 10.3. The fourth-order valence-corrected chi connectivity index (χ4v) is 2.26. The molecule has 1 N–H and O–H groups in total. The summed E-state index contributed by atoms with van der Waals surface area (Å²) in [6.07, 6.45) is 10.6. The van der Waals surface area contributed by atoms with E-state index in [0.717, 1.165) is 0 Å². The normalized spacial score (nSPS) is 27.7. The summed E-state index contributed by atoms with van der Waals surface area (Å²) in [7, 11) is 0. The van der Waals surface area contributed by atoms with Crippen molar-refractivity contribution in [3.05, 3.63) is 24.3 Å². The first-order chi connectivity index (χ1) is 6.22. The molecule has 13 heavy (non-hydrogen) atoms. The van der Waals surface area contributed by atoms with Gasteiger partial charge in [0.1, 0.15) is 0 Å². The van der Waals surface area contributed by atoms with E-state index in [1.807, 2.05) is 24.3 Å². The molecule has 2 heteroatoms. The minimum absolute atomic E-state index is 0.559. The second kappa shape index (κ2) is 2.71. The highest BCUT2D eigenvalue weighted by molar-refractivity contribution is 5.25. The molecule has 0 aromatic rings. The van der Waals surface area contributed by atoms with Gasteiger partial charge in [-0.25, -0.2) is 0 Å². The summed E-state index contributed by atoms with van der Waals surface area (Å²) in [5.41, 5.74) is -1.37. The molecular weight excluding hydrogens is 162 g/mol. The lowest BCUT2D eigenvalue weighted by Gasteiger charge is -2.37. The maximum Gasteiger partial charge on any atom is 0.0934 e. The zero-order valence-corrected chi connectivity index (χ0v) is 7.53. The SMILES string of the molecule is N#CC1(C2(O)CC=CC2)CC=CC1. The molecular formula is C11H13NO. The highest BCUT2D eigenvalue weighted by Gasteiger charge is 2.50. The quantitative estimate of drug-likeness (QED) is 0.619. The van der Waals surface area contributed by atoms with Crippen LogP contribution in [0.4, 0.5) is 0 Å². The predicted molar refractivity (Wildman–Crippen MR) is 49.7 cm³/mol. The molecule has 0 saturated carbocycles. The first-order valence-electron chi connectivity index (χ1n) is 4.66.